The van der Waals surface area contributed by atoms with Crippen molar-refractivity contribution in [3.05, 3.63) is 30.0 Å². The molecule has 1 spiro atoms. The molecule has 4 rings (SSSR count). The molecule has 2 N–H and O–H groups in total. The summed E-state index contributed by atoms with van der Waals surface area (Å²) in [6.07, 6.45) is 5.24. The van der Waals surface area contributed by atoms with Crippen LogP contribution in [0.15, 0.2) is 24.3 Å². The number of benzene rings is 1. The summed E-state index contributed by atoms with van der Waals surface area (Å²) < 4.78 is 5.84. The zero-order valence-electron chi connectivity index (χ0n) is 13.5. The lowest BCUT2D eigenvalue weighted by atomic mass is 9.51. The van der Waals surface area contributed by atoms with Gasteiger partial charge in [-0.2, -0.15) is 5.10 Å². The molecule has 2 aliphatic rings. The number of hydrogen-bond donors (Lipinski definition) is 2. The Balaban J connectivity index is 1.41. The third kappa shape index (κ3) is 2.34. The summed E-state index contributed by atoms with van der Waals surface area (Å²) >= 11 is 0. The summed E-state index contributed by atoms with van der Waals surface area (Å²) in [5.74, 6) is 0.0747. The molecule has 2 fully saturated rings. The number of rotatable bonds is 5. The van der Waals surface area contributed by atoms with Crippen molar-refractivity contribution < 1.29 is 9.53 Å². The van der Waals surface area contributed by atoms with E-state index in [1.807, 2.05) is 31.2 Å². The molecule has 1 aromatic heterocycles. The van der Waals surface area contributed by atoms with E-state index in [1.54, 1.807) is 0 Å². The molecule has 5 nitrogen and oxygen atoms in total. The molecule has 0 saturated heterocycles. The van der Waals surface area contributed by atoms with E-state index in [1.165, 1.54) is 19.3 Å². The maximum atomic E-state index is 12.4. The van der Waals surface area contributed by atoms with E-state index in [-0.39, 0.29) is 17.4 Å². The van der Waals surface area contributed by atoms with Gasteiger partial charge in [0.15, 0.2) is 0 Å². The first kappa shape index (κ1) is 14.7. The van der Waals surface area contributed by atoms with Crippen molar-refractivity contribution in [3.8, 4) is 0 Å². The third-order valence-corrected chi connectivity index (χ3v) is 5.65. The topological polar surface area (TPSA) is 67.0 Å². The van der Waals surface area contributed by atoms with E-state index in [0.29, 0.717) is 12.5 Å². The zero-order chi connectivity index (χ0) is 15.9. The molecule has 2 aromatic rings. The van der Waals surface area contributed by atoms with Crippen LogP contribution in [0.4, 0.5) is 0 Å². The molecule has 0 radical (unpaired) electrons. The Labute approximate surface area is 135 Å². The van der Waals surface area contributed by atoms with Crippen LogP contribution in [0.1, 0.15) is 38.3 Å². The number of para-hydroxylation sites is 1. The van der Waals surface area contributed by atoms with Crippen LogP contribution in [0.3, 0.4) is 0 Å². The molecule has 2 saturated carbocycles. The molecule has 2 aliphatic carbocycles. The van der Waals surface area contributed by atoms with Crippen LogP contribution in [0.2, 0.25) is 0 Å². The highest BCUT2D eigenvalue weighted by Crippen LogP contribution is 2.57. The summed E-state index contributed by atoms with van der Waals surface area (Å²) in [6, 6.07) is 8.16. The van der Waals surface area contributed by atoms with Gasteiger partial charge in [-0.15, -0.1) is 0 Å². The molecular formula is C18H23N3O2. The van der Waals surface area contributed by atoms with Crippen LogP contribution in [0, 0.1) is 5.41 Å². The highest BCUT2D eigenvalue weighted by Gasteiger charge is 2.59. The molecular weight excluding hydrogens is 290 g/mol. The van der Waals surface area contributed by atoms with Gasteiger partial charge in [-0.3, -0.25) is 9.89 Å². The molecule has 0 bridgehead atoms. The third-order valence-electron chi connectivity index (χ3n) is 5.65. The molecule has 1 amide bonds. The Morgan fingerprint density at radius 2 is 2.26 bits per heavy atom. The Bertz CT molecular complexity index is 720. The number of ether oxygens (including phenoxy) is 1. The van der Waals surface area contributed by atoms with Crippen LogP contribution in [0.25, 0.3) is 10.9 Å². The van der Waals surface area contributed by atoms with Crippen molar-refractivity contribution in [2.24, 2.45) is 5.41 Å². The number of nitrogens with zero attached hydrogens (tertiary/aromatic N) is 1. The Hall–Kier alpha value is -1.88. The van der Waals surface area contributed by atoms with E-state index in [2.05, 4.69) is 15.5 Å². The van der Waals surface area contributed by atoms with Gasteiger partial charge in [0, 0.05) is 23.4 Å². The number of aromatic amines is 1. The number of fused-ring (bicyclic) bond motifs is 1. The minimum absolute atomic E-state index is 0.0747. The first-order valence-corrected chi connectivity index (χ1v) is 8.56. The molecule has 0 aliphatic heterocycles. The fourth-order valence-electron chi connectivity index (χ4n) is 4.20. The summed E-state index contributed by atoms with van der Waals surface area (Å²) in [6.45, 7) is 2.80. The quantitative estimate of drug-likeness (QED) is 0.891. The van der Waals surface area contributed by atoms with Gasteiger partial charge in [-0.1, -0.05) is 24.6 Å². The Morgan fingerprint density at radius 3 is 3.00 bits per heavy atom. The molecule has 122 valence electrons. The second-order valence-corrected chi connectivity index (χ2v) is 6.78. The lowest BCUT2D eigenvalue weighted by Gasteiger charge is -2.61. The van der Waals surface area contributed by atoms with Crippen molar-refractivity contribution in [2.45, 2.75) is 51.2 Å². The average molecular weight is 313 g/mol. The van der Waals surface area contributed by atoms with Gasteiger partial charge >= 0.3 is 0 Å². The standard InChI is InChI=1S/C18H23N3O2/c1-2-23-16-11-15(18(16)8-5-9-18)19-17(22)10-14-12-6-3-4-7-13(12)20-21-14/h3-4,6-7,15-16H,2,5,8-11H2,1H3,(H,19,22)(H,20,21)/t15-,16+/m0/s1. The number of nitrogens with one attached hydrogen (secondary N) is 2. The summed E-state index contributed by atoms with van der Waals surface area (Å²) in [4.78, 5) is 12.4. The predicted octanol–water partition coefficient (Wildman–Crippen LogP) is 2.57. The first-order chi connectivity index (χ1) is 11.2. The highest BCUT2D eigenvalue weighted by atomic mass is 16.5. The van der Waals surface area contributed by atoms with E-state index in [0.717, 1.165) is 29.6 Å². The minimum Gasteiger partial charge on any atom is -0.378 e. The van der Waals surface area contributed by atoms with E-state index >= 15 is 0 Å². The van der Waals surface area contributed by atoms with Crippen molar-refractivity contribution in [1.82, 2.24) is 15.5 Å². The molecule has 5 heteroatoms. The SMILES string of the molecule is CCO[C@@H]1C[C@H](NC(=O)Cc2[nH]nc3ccccc23)C12CCC2. The fourth-order valence-corrected chi connectivity index (χ4v) is 4.20. The lowest BCUT2D eigenvalue weighted by Crippen LogP contribution is -2.67. The van der Waals surface area contributed by atoms with E-state index < -0.39 is 0 Å². The summed E-state index contributed by atoms with van der Waals surface area (Å²) in [5.41, 5.74) is 2.01. The van der Waals surface area contributed by atoms with E-state index in [4.69, 9.17) is 4.74 Å². The molecule has 0 unspecified atom stereocenters. The maximum absolute atomic E-state index is 12.4. The monoisotopic (exact) mass is 313 g/mol. The molecule has 1 aromatic carbocycles. The van der Waals surface area contributed by atoms with Crippen LogP contribution >= 0.6 is 0 Å². The second-order valence-electron chi connectivity index (χ2n) is 6.78. The zero-order valence-corrected chi connectivity index (χ0v) is 13.5. The summed E-state index contributed by atoms with van der Waals surface area (Å²) in [7, 11) is 0. The summed E-state index contributed by atoms with van der Waals surface area (Å²) in [5, 5.41) is 11.5. The van der Waals surface area contributed by atoms with Crippen LogP contribution in [-0.4, -0.2) is 34.9 Å². The van der Waals surface area contributed by atoms with Gasteiger partial charge in [-0.05, 0) is 32.3 Å². The fraction of sp³-hybridized carbons (Fsp3) is 0.556. The van der Waals surface area contributed by atoms with E-state index in [9.17, 15) is 4.79 Å². The van der Waals surface area contributed by atoms with Crippen LogP contribution in [0.5, 0.6) is 0 Å². The van der Waals surface area contributed by atoms with Crippen molar-refractivity contribution in [3.63, 3.8) is 0 Å². The van der Waals surface area contributed by atoms with Gasteiger partial charge in [0.2, 0.25) is 5.91 Å². The normalized spacial score (nSPS) is 25.1. The molecule has 23 heavy (non-hydrogen) atoms. The number of carbonyl (C=O) groups excluding carboxylic acids is 1. The van der Waals surface area contributed by atoms with Gasteiger partial charge < -0.3 is 10.1 Å². The Morgan fingerprint density at radius 1 is 1.43 bits per heavy atom. The molecule has 1 heterocycles. The first-order valence-electron chi connectivity index (χ1n) is 8.56. The predicted molar refractivity (Wildman–Crippen MR) is 88.0 cm³/mol. The molecule has 2 atom stereocenters. The maximum Gasteiger partial charge on any atom is 0.226 e. The number of H-pyrrole nitrogens is 1. The number of aromatic nitrogens is 2. The van der Waals surface area contributed by atoms with Gasteiger partial charge in [0.25, 0.3) is 0 Å². The largest absolute Gasteiger partial charge is 0.378 e. The average Bonchev–Trinajstić information content (AvgIpc) is 2.88. The Kier molecular flexibility index (Phi) is 3.60. The number of carbonyl (C=O) groups is 1. The lowest BCUT2D eigenvalue weighted by molar-refractivity contribution is -0.175. The van der Waals surface area contributed by atoms with Crippen molar-refractivity contribution in [1.29, 1.82) is 0 Å². The number of hydrogen-bond acceptors (Lipinski definition) is 3. The van der Waals surface area contributed by atoms with Crippen LogP contribution < -0.4 is 5.32 Å². The van der Waals surface area contributed by atoms with Crippen LogP contribution in [-0.2, 0) is 16.0 Å². The van der Waals surface area contributed by atoms with Gasteiger partial charge in [-0.25, -0.2) is 0 Å². The highest BCUT2D eigenvalue weighted by molar-refractivity contribution is 5.87. The minimum atomic E-state index is 0.0747. The van der Waals surface area contributed by atoms with Crippen molar-refractivity contribution in [2.75, 3.05) is 6.61 Å². The van der Waals surface area contributed by atoms with Gasteiger partial charge in [0.05, 0.1) is 23.7 Å². The number of amides is 1. The van der Waals surface area contributed by atoms with Crippen molar-refractivity contribution >= 4 is 16.8 Å². The second kappa shape index (κ2) is 5.64. The van der Waals surface area contributed by atoms with Gasteiger partial charge in [0.1, 0.15) is 0 Å². The smallest absolute Gasteiger partial charge is 0.226 e.